The molecule has 0 spiro atoms. The van der Waals surface area contributed by atoms with Crippen molar-refractivity contribution in [1.29, 1.82) is 0 Å². The lowest BCUT2D eigenvalue weighted by molar-refractivity contribution is 0.102. The summed E-state index contributed by atoms with van der Waals surface area (Å²) in [7, 11) is 1.54. The van der Waals surface area contributed by atoms with Gasteiger partial charge in [0.05, 0.1) is 24.6 Å². The molecule has 1 amide bonds. The molecule has 2 aromatic carbocycles. The van der Waals surface area contributed by atoms with Gasteiger partial charge in [0, 0.05) is 29.7 Å². The van der Waals surface area contributed by atoms with Gasteiger partial charge in [-0.3, -0.25) is 9.78 Å². The number of carbonyl (C=O) groups excluding carboxylic acids is 1. The van der Waals surface area contributed by atoms with Crippen molar-refractivity contribution in [1.82, 2.24) is 4.98 Å². The van der Waals surface area contributed by atoms with Crippen LogP contribution in [0.15, 0.2) is 60.9 Å². The van der Waals surface area contributed by atoms with E-state index in [0.29, 0.717) is 28.4 Å². The molecule has 0 aliphatic rings. The van der Waals surface area contributed by atoms with Gasteiger partial charge in [0.2, 0.25) is 0 Å². The monoisotopic (exact) mass is 355 g/mol. The van der Waals surface area contributed by atoms with Crippen LogP contribution in [0.25, 0.3) is 0 Å². The van der Waals surface area contributed by atoms with Gasteiger partial charge in [-0.2, -0.15) is 0 Å². The van der Waals surface area contributed by atoms with Gasteiger partial charge in [-0.05, 0) is 30.3 Å². The van der Waals surface area contributed by atoms with Crippen molar-refractivity contribution >= 4 is 23.0 Å². The number of nitrogens with zero attached hydrogens (tertiary/aromatic N) is 1. The first-order chi connectivity index (χ1) is 12.5. The smallest absolute Gasteiger partial charge is 0.257 e. The van der Waals surface area contributed by atoms with Crippen molar-refractivity contribution in [2.24, 2.45) is 0 Å². The summed E-state index contributed by atoms with van der Waals surface area (Å²) >= 11 is 0. The number of hydrogen-bond acceptors (Lipinski definition) is 4. The number of aromatic nitrogens is 1. The molecular weight excluding hydrogens is 340 g/mol. The Hall–Kier alpha value is -3.48. The highest BCUT2D eigenvalue weighted by Gasteiger charge is 2.09. The number of hydrogen-bond donors (Lipinski definition) is 2. The van der Waals surface area contributed by atoms with E-state index in [1.54, 1.807) is 30.3 Å². The van der Waals surface area contributed by atoms with Crippen LogP contribution in [-0.2, 0) is 0 Å². The zero-order valence-electron chi connectivity index (χ0n) is 13.8. The van der Waals surface area contributed by atoms with Crippen molar-refractivity contribution in [3.05, 3.63) is 78.1 Å². The van der Waals surface area contributed by atoms with Crippen LogP contribution >= 0.6 is 0 Å². The van der Waals surface area contributed by atoms with Gasteiger partial charge in [0.1, 0.15) is 5.75 Å². The van der Waals surface area contributed by atoms with E-state index < -0.39 is 11.6 Å². The molecule has 0 unspecified atom stereocenters. The van der Waals surface area contributed by atoms with Crippen LogP contribution in [0.3, 0.4) is 0 Å². The molecule has 0 saturated heterocycles. The van der Waals surface area contributed by atoms with E-state index in [9.17, 15) is 13.6 Å². The van der Waals surface area contributed by atoms with E-state index in [-0.39, 0.29) is 5.91 Å². The number of methoxy groups -OCH3 is 1. The van der Waals surface area contributed by atoms with Gasteiger partial charge >= 0.3 is 0 Å². The summed E-state index contributed by atoms with van der Waals surface area (Å²) < 4.78 is 31.4. The summed E-state index contributed by atoms with van der Waals surface area (Å²) in [5, 5.41) is 5.62. The topological polar surface area (TPSA) is 63.2 Å². The minimum absolute atomic E-state index is 0.306. The van der Waals surface area contributed by atoms with E-state index in [4.69, 9.17) is 4.74 Å². The van der Waals surface area contributed by atoms with Crippen molar-refractivity contribution < 1.29 is 18.3 Å². The second kappa shape index (κ2) is 7.60. The van der Waals surface area contributed by atoms with Crippen LogP contribution in [0.1, 0.15) is 10.4 Å². The fourth-order valence-electron chi connectivity index (χ4n) is 2.28. The third-order valence-corrected chi connectivity index (χ3v) is 3.54. The molecule has 1 heterocycles. The zero-order valence-corrected chi connectivity index (χ0v) is 13.8. The Morgan fingerprint density at radius 1 is 0.962 bits per heavy atom. The number of rotatable bonds is 5. The molecular formula is C19H15F2N3O2. The molecule has 3 aromatic rings. The third kappa shape index (κ3) is 4.13. The van der Waals surface area contributed by atoms with Crippen molar-refractivity contribution in [2.75, 3.05) is 17.7 Å². The van der Waals surface area contributed by atoms with Gasteiger partial charge in [0.15, 0.2) is 11.6 Å². The van der Waals surface area contributed by atoms with Crippen LogP contribution < -0.4 is 15.4 Å². The van der Waals surface area contributed by atoms with E-state index in [1.165, 1.54) is 25.6 Å². The first-order valence-electron chi connectivity index (χ1n) is 7.67. The molecule has 132 valence electrons. The van der Waals surface area contributed by atoms with E-state index in [2.05, 4.69) is 15.6 Å². The second-order valence-electron chi connectivity index (χ2n) is 5.40. The standard InChI is InChI=1S/C19H15F2N3O2/c1-26-16-4-2-3-13(8-16)24-19(25)12-7-15(11-22-10-12)23-14-5-6-17(20)18(21)9-14/h2-11,23H,1H3,(H,24,25). The lowest BCUT2D eigenvalue weighted by atomic mass is 10.2. The molecule has 2 N–H and O–H groups in total. The highest BCUT2D eigenvalue weighted by molar-refractivity contribution is 6.04. The molecule has 7 heteroatoms. The number of ether oxygens (including phenoxy) is 1. The Balaban J connectivity index is 1.75. The summed E-state index contributed by atoms with van der Waals surface area (Å²) in [6.45, 7) is 0. The molecule has 3 rings (SSSR count). The third-order valence-electron chi connectivity index (χ3n) is 3.54. The molecule has 1 aromatic heterocycles. The number of amides is 1. The Labute approximate surface area is 148 Å². The quantitative estimate of drug-likeness (QED) is 0.714. The first kappa shape index (κ1) is 17.3. The summed E-state index contributed by atoms with van der Waals surface area (Å²) in [4.78, 5) is 16.4. The molecule has 0 fully saturated rings. The summed E-state index contributed by atoms with van der Waals surface area (Å²) in [6.07, 6.45) is 2.88. The summed E-state index contributed by atoms with van der Waals surface area (Å²) in [5.74, 6) is -1.63. The lowest BCUT2D eigenvalue weighted by Gasteiger charge is -2.09. The van der Waals surface area contributed by atoms with E-state index in [1.807, 2.05) is 0 Å². The van der Waals surface area contributed by atoms with Crippen LogP contribution in [-0.4, -0.2) is 18.0 Å². The van der Waals surface area contributed by atoms with Crippen LogP contribution in [0.5, 0.6) is 5.75 Å². The Kier molecular flexibility index (Phi) is 5.07. The van der Waals surface area contributed by atoms with Crippen molar-refractivity contribution in [2.45, 2.75) is 0 Å². The highest BCUT2D eigenvalue weighted by Crippen LogP contribution is 2.21. The SMILES string of the molecule is COc1cccc(NC(=O)c2cncc(Nc3ccc(F)c(F)c3)c2)c1. The fourth-order valence-corrected chi connectivity index (χ4v) is 2.28. The van der Waals surface area contributed by atoms with Gasteiger partial charge in [-0.15, -0.1) is 0 Å². The van der Waals surface area contributed by atoms with Gasteiger partial charge < -0.3 is 15.4 Å². The average Bonchev–Trinajstić information content (AvgIpc) is 2.65. The highest BCUT2D eigenvalue weighted by atomic mass is 19.2. The molecule has 0 radical (unpaired) electrons. The van der Waals surface area contributed by atoms with Gasteiger partial charge in [-0.25, -0.2) is 8.78 Å². The number of carbonyl (C=O) groups is 1. The molecule has 0 bridgehead atoms. The number of benzene rings is 2. The van der Waals surface area contributed by atoms with Crippen molar-refractivity contribution in [3.8, 4) is 5.75 Å². The summed E-state index contributed by atoms with van der Waals surface area (Å²) in [6, 6.07) is 11.9. The number of pyridine rings is 1. The zero-order chi connectivity index (χ0) is 18.5. The Morgan fingerprint density at radius 3 is 2.58 bits per heavy atom. The predicted octanol–water partition coefficient (Wildman–Crippen LogP) is 4.36. The van der Waals surface area contributed by atoms with E-state index >= 15 is 0 Å². The maximum absolute atomic E-state index is 13.3. The Morgan fingerprint density at radius 2 is 1.81 bits per heavy atom. The normalized spacial score (nSPS) is 10.3. The van der Waals surface area contributed by atoms with E-state index in [0.717, 1.165) is 12.1 Å². The largest absolute Gasteiger partial charge is 0.497 e. The minimum Gasteiger partial charge on any atom is -0.497 e. The predicted molar refractivity (Wildman–Crippen MR) is 94.8 cm³/mol. The number of nitrogens with one attached hydrogen (secondary N) is 2. The summed E-state index contributed by atoms with van der Waals surface area (Å²) in [5.41, 5.74) is 1.69. The van der Waals surface area contributed by atoms with Gasteiger partial charge in [-0.1, -0.05) is 6.07 Å². The molecule has 5 nitrogen and oxygen atoms in total. The average molecular weight is 355 g/mol. The van der Waals surface area contributed by atoms with Crippen LogP contribution in [0.2, 0.25) is 0 Å². The molecule has 0 atom stereocenters. The molecule has 0 aliphatic heterocycles. The number of anilines is 3. The lowest BCUT2D eigenvalue weighted by Crippen LogP contribution is -2.12. The maximum atomic E-state index is 13.3. The van der Waals surface area contributed by atoms with Crippen molar-refractivity contribution in [3.63, 3.8) is 0 Å². The molecule has 0 aliphatic carbocycles. The first-order valence-corrected chi connectivity index (χ1v) is 7.67. The maximum Gasteiger partial charge on any atom is 0.257 e. The van der Waals surface area contributed by atoms with Gasteiger partial charge in [0.25, 0.3) is 5.91 Å². The molecule has 26 heavy (non-hydrogen) atoms. The van der Waals surface area contributed by atoms with Crippen LogP contribution in [0.4, 0.5) is 25.8 Å². The second-order valence-corrected chi connectivity index (χ2v) is 5.40. The molecule has 0 saturated carbocycles. The minimum atomic E-state index is -0.963. The van der Waals surface area contributed by atoms with Crippen LogP contribution in [0, 0.1) is 11.6 Å². The fraction of sp³-hybridized carbons (Fsp3) is 0.0526. The Bertz CT molecular complexity index is 948. The number of halogens is 2.